The molecule has 0 saturated heterocycles. The van der Waals surface area contributed by atoms with E-state index in [9.17, 15) is 0 Å². The summed E-state index contributed by atoms with van der Waals surface area (Å²) in [7, 11) is 1.68. The maximum atomic E-state index is 6.30. The minimum atomic E-state index is 0.570. The van der Waals surface area contributed by atoms with Gasteiger partial charge in [-0.25, -0.2) is 9.50 Å². The van der Waals surface area contributed by atoms with Crippen molar-refractivity contribution in [2.45, 2.75) is 27.7 Å². The first-order valence-electron chi connectivity index (χ1n) is 7.10. The SMILES string of the molecule is COc1cc(C)c(-c2c(C)nn3c(Cl)cc(C)nc23)c(C)c1. The first-order valence-corrected chi connectivity index (χ1v) is 7.48. The van der Waals surface area contributed by atoms with Gasteiger partial charge in [-0.3, -0.25) is 0 Å². The monoisotopic (exact) mass is 315 g/mol. The van der Waals surface area contributed by atoms with Crippen LogP contribution >= 0.6 is 11.6 Å². The number of methoxy groups -OCH3 is 1. The molecule has 0 aliphatic heterocycles. The lowest BCUT2D eigenvalue weighted by atomic mass is 9.95. The Morgan fingerprint density at radius 2 is 1.64 bits per heavy atom. The predicted molar refractivity (Wildman–Crippen MR) is 88.9 cm³/mol. The highest BCUT2D eigenvalue weighted by atomic mass is 35.5. The van der Waals surface area contributed by atoms with Crippen molar-refractivity contribution in [3.8, 4) is 16.9 Å². The Morgan fingerprint density at radius 3 is 2.23 bits per heavy atom. The Morgan fingerprint density at radius 1 is 1.00 bits per heavy atom. The normalized spacial score (nSPS) is 11.2. The van der Waals surface area contributed by atoms with E-state index in [1.165, 1.54) is 0 Å². The summed E-state index contributed by atoms with van der Waals surface area (Å²) in [6.45, 7) is 8.07. The van der Waals surface area contributed by atoms with Gasteiger partial charge in [-0.1, -0.05) is 11.6 Å². The Kier molecular flexibility index (Phi) is 3.57. The predicted octanol–water partition coefficient (Wildman–Crippen LogP) is 4.29. The van der Waals surface area contributed by atoms with Gasteiger partial charge in [0.05, 0.1) is 18.4 Å². The molecule has 0 unspecified atom stereocenters. The number of hydrogen-bond donors (Lipinski definition) is 0. The van der Waals surface area contributed by atoms with E-state index in [0.29, 0.717) is 5.15 Å². The summed E-state index contributed by atoms with van der Waals surface area (Å²) >= 11 is 6.30. The molecule has 0 fully saturated rings. The molecule has 0 aliphatic carbocycles. The fourth-order valence-corrected chi connectivity index (χ4v) is 3.20. The molecule has 0 aliphatic rings. The third-order valence-corrected chi connectivity index (χ3v) is 4.11. The molecule has 22 heavy (non-hydrogen) atoms. The van der Waals surface area contributed by atoms with Crippen LogP contribution in [-0.4, -0.2) is 21.7 Å². The smallest absolute Gasteiger partial charge is 0.165 e. The fourth-order valence-electron chi connectivity index (χ4n) is 2.93. The molecule has 0 saturated carbocycles. The van der Waals surface area contributed by atoms with Crippen molar-refractivity contribution in [1.82, 2.24) is 14.6 Å². The van der Waals surface area contributed by atoms with E-state index in [1.807, 2.05) is 32.0 Å². The molecule has 2 aromatic heterocycles. The zero-order valence-corrected chi connectivity index (χ0v) is 14.1. The third-order valence-electron chi connectivity index (χ3n) is 3.84. The standard InChI is InChI=1S/C17H18ClN3O/c1-9-6-13(22-5)7-10(2)15(9)16-12(4)20-21-14(18)8-11(3)19-17(16)21/h6-8H,1-5H3. The lowest BCUT2D eigenvalue weighted by Crippen LogP contribution is -1.96. The second-order valence-corrected chi connectivity index (χ2v) is 5.94. The molecule has 4 nitrogen and oxygen atoms in total. The number of aromatic nitrogens is 3. The lowest BCUT2D eigenvalue weighted by Gasteiger charge is -2.12. The summed E-state index contributed by atoms with van der Waals surface area (Å²) in [5, 5.41) is 5.12. The van der Waals surface area contributed by atoms with E-state index >= 15 is 0 Å². The number of nitrogens with zero attached hydrogens (tertiary/aromatic N) is 3. The molecule has 0 spiro atoms. The number of rotatable bonds is 2. The van der Waals surface area contributed by atoms with Crippen molar-refractivity contribution in [1.29, 1.82) is 0 Å². The highest BCUT2D eigenvalue weighted by Crippen LogP contribution is 2.35. The van der Waals surface area contributed by atoms with E-state index in [1.54, 1.807) is 11.6 Å². The summed E-state index contributed by atoms with van der Waals surface area (Å²) in [5.41, 5.74) is 7.02. The first-order chi connectivity index (χ1) is 10.4. The molecule has 0 amide bonds. The van der Waals surface area contributed by atoms with Crippen LogP contribution in [0.5, 0.6) is 5.75 Å². The van der Waals surface area contributed by atoms with Crippen LogP contribution in [0.1, 0.15) is 22.5 Å². The highest BCUT2D eigenvalue weighted by molar-refractivity contribution is 6.29. The molecule has 3 rings (SSSR count). The first kappa shape index (κ1) is 14.9. The largest absolute Gasteiger partial charge is 0.497 e. The quantitative estimate of drug-likeness (QED) is 0.662. The van der Waals surface area contributed by atoms with Crippen molar-refractivity contribution < 1.29 is 4.74 Å². The van der Waals surface area contributed by atoms with Gasteiger partial charge in [0.1, 0.15) is 10.9 Å². The van der Waals surface area contributed by atoms with Crippen LogP contribution in [0, 0.1) is 27.7 Å². The molecule has 0 bridgehead atoms. The Bertz CT molecular complexity index is 860. The van der Waals surface area contributed by atoms with Crippen LogP contribution in [0.3, 0.4) is 0 Å². The average Bonchev–Trinajstić information content (AvgIpc) is 2.75. The Labute approximate surface area is 134 Å². The molecule has 0 atom stereocenters. The molecule has 5 heteroatoms. The zero-order valence-electron chi connectivity index (χ0n) is 13.4. The minimum absolute atomic E-state index is 0.570. The van der Waals surface area contributed by atoms with Gasteiger partial charge in [0.25, 0.3) is 0 Å². The molecular weight excluding hydrogens is 298 g/mol. The lowest BCUT2D eigenvalue weighted by molar-refractivity contribution is 0.414. The number of benzene rings is 1. The number of fused-ring (bicyclic) bond motifs is 1. The molecule has 0 N–H and O–H groups in total. The van der Waals surface area contributed by atoms with Gasteiger partial charge in [0, 0.05) is 5.69 Å². The topological polar surface area (TPSA) is 39.4 Å². The van der Waals surface area contributed by atoms with Crippen LogP contribution in [0.25, 0.3) is 16.8 Å². The second-order valence-electron chi connectivity index (χ2n) is 5.55. The van der Waals surface area contributed by atoms with E-state index in [2.05, 4.69) is 23.9 Å². The summed E-state index contributed by atoms with van der Waals surface area (Å²) < 4.78 is 7.04. The van der Waals surface area contributed by atoms with Crippen LogP contribution < -0.4 is 4.74 Å². The molecule has 2 heterocycles. The van der Waals surface area contributed by atoms with Gasteiger partial charge < -0.3 is 4.74 Å². The number of aryl methyl sites for hydroxylation is 4. The van der Waals surface area contributed by atoms with Gasteiger partial charge in [-0.05, 0) is 62.6 Å². The Hall–Kier alpha value is -2.07. The average molecular weight is 316 g/mol. The summed E-state index contributed by atoms with van der Waals surface area (Å²) in [4.78, 5) is 4.64. The maximum Gasteiger partial charge on any atom is 0.165 e. The number of halogens is 1. The van der Waals surface area contributed by atoms with Crippen molar-refractivity contribution >= 4 is 17.2 Å². The van der Waals surface area contributed by atoms with Gasteiger partial charge in [0.15, 0.2) is 5.65 Å². The van der Waals surface area contributed by atoms with Crippen molar-refractivity contribution in [2.75, 3.05) is 7.11 Å². The molecule has 3 aromatic rings. The summed E-state index contributed by atoms with van der Waals surface area (Å²) in [6, 6.07) is 5.88. The molecule has 0 radical (unpaired) electrons. The van der Waals surface area contributed by atoms with E-state index in [-0.39, 0.29) is 0 Å². The van der Waals surface area contributed by atoms with Gasteiger partial charge in [-0.2, -0.15) is 5.10 Å². The highest BCUT2D eigenvalue weighted by Gasteiger charge is 2.19. The maximum absolute atomic E-state index is 6.30. The number of hydrogen-bond acceptors (Lipinski definition) is 3. The van der Waals surface area contributed by atoms with Gasteiger partial charge >= 0.3 is 0 Å². The molecular formula is C17H18ClN3O. The molecule has 1 aromatic carbocycles. The van der Waals surface area contributed by atoms with Crippen molar-refractivity contribution in [3.63, 3.8) is 0 Å². The third kappa shape index (κ3) is 2.24. The van der Waals surface area contributed by atoms with Crippen molar-refractivity contribution in [2.24, 2.45) is 0 Å². The van der Waals surface area contributed by atoms with Gasteiger partial charge in [0.2, 0.25) is 0 Å². The zero-order chi connectivity index (χ0) is 16.0. The van der Waals surface area contributed by atoms with Crippen LogP contribution in [0.15, 0.2) is 18.2 Å². The summed E-state index contributed by atoms with van der Waals surface area (Å²) in [6.07, 6.45) is 0. The Balaban J connectivity index is 2.38. The fraction of sp³-hybridized carbons (Fsp3) is 0.294. The van der Waals surface area contributed by atoms with Gasteiger partial charge in [-0.15, -0.1) is 0 Å². The van der Waals surface area contributed by atoms with Crippen LogP contribution in [-0.2, 0) is 0 Å². The molecule has 114 valence electrons. The number of ether oxygens (including phenoxy) is 1. The van der Waals surface area contributed by atoms with E-state index in [0.717, 1.165) is 45.0 Å². The summed E-state index contributed by atoms with van der Waals surface area (Å²) in [5.74, 6) is 0.857. The van der Waals surface area contributed by atoms with E-state index < -0.39 is 0 Å². The minimum Gasteiger partial charge on any atom is -0.497 e. The van der Waals surface area contributed by atoms with E-state index in [4.69, 9.17) is 16.3 Å². The second kappa shape index (κ2) is 5.29. The van der Waals surface area contributed by atoms with Crippen LogP contribution in [0.2, 0.25) is 5.15 Å². The van der Waals surface area contributed by atoms with Crippen molar-refractivity contribution in [3.05, 3.63) is 45.9 Å². The van der Waals surface area contributed by atoms with Crippen LogP contribution in [0.4, 0.5) is 0 Å².